The van der Waals surface area contributed by atoms with Crippen molar-refractivity contribution in [2.75, 3.05) is 50.6 Å². The number of carbonyl (C=O) groups is 2. The summed E-state index contributed by atoms with van der Waals surface area (Å²) in [5.74, 6) is 0.986. The molecule has 2 amide bonds. The number of benzene rings is 1. The van der Waals surface area contributed by atoms with E-state index < -0.39 is 6.04 Å². The number of aromatic nitrogens is 3. The number of nitrogens with one attached hydrogen (secondary N) is 2. The number of pyridine rings is 1. The zero-order chi connectivity index (χ0) is 31.7. The van der Waals surface area contributed by atoms with E-state index in [-0.39, 0.29) is 23.9 Å². The van der Waals surface area contributed by atoms with Crippen LogP contribution in [0.2, 0.25) is 5.02 Å². The number of nitrogens with zero attached hydrogens (tertiary/aromatic N) is 6. The van der Waals surface area contributed by atoms with Crippen molar-refractivity contribution in [3.63, 3.8) is 0 Å². The van der Waals surface area contributed by atoms with Crippen LogP contribution in [0.25, 0.3) is 11.3 Å². The molecule has 12 heteroatoms. The highest BCUT2D eigenvalue weighted by molar-refractivity contribution is 6.33. The van der Waals surface area contributed by atoms with Crippen LogP contribution < -0.4 is 15.5 Å². The minimum Gasteiger partial charge on any atom is -0.381 e. The van der Waals surface area contributed by atoms with Crippen LogP contribution in [0, 0.1) is 0 Å². The SMILES string of the molecule is CC(NC(=O)C(C)N1Cc2ccc(-c3nc(NC4CCOCC4)ncc3Cl)cc2C1=O)c1cccc(N2CC[C@@H](N(C)C)C2)n1. The molecule has 6 rings (SSSR count). The number of carbonyl (C=O) groups excluding carboxylic acids is 2. The van der Waals surface area contributed by atoms with E-state index in [1.807, 2.05) is 43.3 Å². The van der Waals surface area contributed by atoms with Crippen LogP contribution in [0.4, 0.5) is 11.8 Å². The normalized spacial score (nSPS) is 20.0. The maximum atomic E-state index is 13.6. The Morgan fingerprint density at radius 2 is 1.91 bits per heavy atom. The first-order valence-electron chi connectivity index (χ1n) is 15.7. The monoisotopic (exact) mass is 632 g/mol. The van der Waals surface area contributed by atoms with Crippen molar-refractivity contribution in [3.8, 4) is 11.3 Å². The van der Waals surface area contributed by atoms with Gasteiger partial charge in [0, 0.05) is 56.1 Å². The minimum atomic E-state index is -0.670. The van der Waals surface area contributed by atoms with Crippen molar-refractivity contribution in [2.45, 2.75) is 63.8 Å². The van der Waals surface area contributed by atoms with Gasteiger partial charge >= 0.3 is 0 Å². The van der Waals surface area contributed by atoms with Crippen LogP contribution in [-0.2, 0) is 16.1 Å². The van der Waals surface area contributed by atoms with Crippen molar-refractivity contribution in [3.05, 3.63) is 64.4 Å². The van der Waals surface area contributed by atoms with Gasteiger partial charge in [0.15, 0.2) is 0 Å². The van der Waals surface area contributed by atoms with Crippen LogP contribution in [0.3, 0.4) is 0 Å². The van der Waals surface area contributed by atoms with Crippen LogP contribution in [-0.4, -0.2) is 95.1 Å². The predicted octanol–water partition coefficient (Wildman–Crippen LogP) is 4.14. The number of halogens is 1. The molecule has 3 aliphatic rings. The number of amides is 2. The molecule has 3 aromatic rings. The Balaban J connectivity index is 1.11. The van der Waals surface area contributed by atoms with Crippen LogP contribution in [0.1, 0.15) is 60.8 Å². The standard InChI is InChI=1S/C33H41ClN8O3/c1-20(28-6-5-7-29(38-28)41-13-10-25(19-41)40(3)4)36-31(43)21(2)42-18-23-9-8-22(16-26(23)32(42)44)30-27(34)17-35-33(39-30)37-24-11-14-45-15-12-24/h5-9,16-17,20-21,24-25H,10-15,18-19H2,1-4H3,(H,36,43)(H,35,37,39)/t20?,21?,25-/m1/s1. The third kappa shape index (κ3) is 6.75. The van der Waals surface area contributed by atoms with Crippen LogP contribution >= 0.6 is 11.6 Å². The van der Waals surface area contributed by atoms with Gasteiger partial charge in [-0.25, -0.2) is 15.0 Å². The smallest absolute Gasteiger partial charge is 0.255 e. The molecule has 5 heterocycles. The molecule has 0 radical (unpaired) electrons. The molecule has 2 unspecified atom stereocenters. The van der Waals surface area contributed by atoms with Gasteiger partial charge in [0.2, 0.25) is 11.9 Å². The highest BCUT2D eigenvalue weighted by Gasteiger charge is 2.35. The van der Waals surface area contributed by atoms with Crippen molar-refractivity contribution in [2.24, 2.45) is 0 Å². The lowest BCUT2D eigenvalue weighted by Crippen LogP contribution is -2.46. The van der Waals surface area contributed by atoms with E-state index in [9.17, 15) is 9.59 Å². The third-order valence-electron chi connectivity index (χ3n) is 9.14. The van der Waals surface area contributed by atoms with Gasteiger partial charge in [-0.15, -0.1) is 0 Å². The van der Waals surface area contributed by atoms with Crippen molar-refractivity contribution in [1.82, 2.24) is 30.1 Å². The first-order valence-corrected chi connectivity index (χ1v) is 16.1. The molecule has 2 saturated heterocycles. The molecule has 0 bridgehead atoms. The Kier molecular flexibility index (Phi) is 9.21. The molecule has 3 aliphatic heterocycles. The summed E-state index contributed by atoms with van der Waals surface area (Å²) in [6.07, 6.45) is 4.44. The summed E-state index contributed by atoms with van der Waals surface area (Å²) in [6, 6.07) is 11.3. The molecule has 11 nitrogen and oxygen atoms in total. The van der Waals surface area contributed by atoms with E-state index in [1.54, 1.807) is 18.0 Å². The van der Waals surface area contributed by atoms with Gasteiger partial charge in [-0.3, -0.25) is 9.59 Å². The van der Waals surface area contributed by atoms with Gasteiger partial charge in [0.25, 0.3) is 5.91 Å². The van der Waals surface area contributed by atoms with Gasteiger partial charge in [0.05, 0.1) is 28.6 Å². The molecule has 0 spiro atoms. The Morgan fingerprint density at radius 3 is 2.67 bits per heavy atom. The second kappa shape index (κ2) is 13.3. The average molecular weight is 633 g/mol. The summed E-state index contributed by atoms with van der Waals surface area (Å²) < 4.78 is 5.44. The second-order valence-electron chi connectivity index (χ2n) is 12.4. The summed E-state index contributed by atoms with van der Waals surface area (Å²) >= 11 is 6.52. The number of ether oxygens (including phenoxy) is 1. The van der Waals surface area contributed by atoms with E-state index in [4.69, 9.17) is 21.3 Å². The fraction of sp³-hybridized carbons (Fsp3) is 0.485. The Labute approximate surface area is 269 Å². The summed E-state index contributed by atoms with van der Waals surface area (Å²) in [5, 5.41) is 6.85. The minimum absolute atomic E-state index is 0.197. The molecule has 2 fully saturated rings. The highest BCUT2D eigenvalue weighted by Crippen LogP contribution is 2.33. The molecular weight excluding hydrogens is 592 g/mol. The Hall–Kier alpha value is -3.80. The van der Waals surface area contributed by atoms with Gasteiger partial charge in [0.1, 0.15) is 11.9 Å². The second-order valence-corrected chi connectivity index (χ2v) is 12.8. The number of anilines is 2. The molecule has 0 aliphatic carbocycles. The molecular formula is C33H41ClN8O3. The van der Waals surface area contributed by atoms with E-state index in [0.29, 0.717) is 48.0 Å². The fourth-order valence-corrected chi connectivity index (χ4v) is 6.43. The predicted molar refractivity (Wildman–Crippen MR) is 174 cm³/mol. The number of likely N-dealkylation sites (N-methyl/N-ethyl adjacent to an activating group) is 1. The van der Waals surface area contributed by atoms with Gasteiger partial charge in [-0.2, -0.15) is 0 Å². The van der Waals surface area contributed by atoms with Gasteiger partial charge < -0.3 is 30.1 Å². The number of rotatable bonds is 9. The van der Waals surface area contributed by atoms with Crippen molar-refractivity contribution >= 4 is 35.2 Å². The fourth-order valence-electron chi connectivity index (χ4n) is 6.22. The Morgan fingerprint density at radius 1 is 1.11 bits per heavy atom. The maximum Gasteiger partial charge on any atom is 0.255 e. The molecule has 0 saturated carbocycles. The van der Waals surface area contributed by atoms with Crippen molar-refractivity contribution < 1.29 is 14.3 Å². The zero-order valence-corrected chi connectivity index (χ0v) is 27.0. The van der Waals surface area contributed by atoms with E-state index in [0.717, 1.165) is 55.0 Å². The molecule has 3 atom stereocenters. The van der Waals surface area contributed by atoms with E-state index in [1.165, 1.54) is 0 Å². The summed E-state index contributed by atoms with van der Waals surface area (Å²) in [6.45, 7) is 7.33. The highest BCUT2D eigenvalue weighted by atomic mass is 35.5. The van der Waals surface area contributed by atoms with Crippen molar-refractivity contribution in [1.29, 1.82) is 0 Å². The molecule has 238 valence electrons. The lowest BCUT2D eigenvalue weighted by molar-refractivity contribution is -0.125. The number of hydrogen-bond acceptors (Lipinski definition) is 9. The lowest BCUT2D eigenvalue weighted by Gasteiger charge is -2.26. The van der Waals surface area contributed by atoms with Gasteiger partial charge in [-0.05, 0) is 71.0 Å². The largest absolute Gasteiger partial charge is 0.381 e. The zero-order valence-electron chi connectivity index (χ0n) is 26.3. The molecule has 2 N–H and O–H groups in total. The first-order chi connectivity index (χ1) is 21.7. The third-order valence-corrected chi connectivity index (χ3v) is 9.41. The molecule has 45 heavy (non-hydrogen) atoms. The lowest BCUT2D eigenvalue weighted by atomic mass is 10.0. The summed E-state index contributed by atoms with van der Waals surface area (Å²) in [5.41, 5.74) is 3.46. The quantitative estimate of drug-likeness (QED) is 0.359. The summed E-state index contributed by atoms with van der Waals surface area (Å²) in [7, 11) is 4.21. The number of hydrogen-bond donors (Lipinski definition) is 2. The maximum absolute atomic E-state index is 13.6. The van der Waals surface area contributed by atoms with E-state index >= 15 is 0 Å². The Bertz CT molecular complexity index is 1560. The van der Waals surface area contributed by atoms with E-state index in [2.05, 4.69) is 44.5 Å². The molecule has 1 aromatic carbocycles. The number of fused-ring (bicyclic) bond motifs is 1. The average Bonchev–Trinajstić information content (AvgIpc) is 3.67. The topological polar surface area (TPSA) is 116 Å². The van der Waals surface area contributed by atoms with Crippen LogP contribution in [0.15, 0.2) is 42.6 Å². The summed E-state index contributed by atoms with van der Waals surface area (Å²) in [4.78, 5) is 47.1. The first kappa shape index (κ1) is 31.2. The molecule has 2 aromatic heterocycles. The van der Waals surface area contributed by atoms with Gasteiger partial charge in [-0.1, -0.05) is 29.8 Å². The van der Waals surface area contributed by atoms with Crippen LogP contribution in [0.5, 0.6) is 0 Å².